The van der Waals surface area contributed by atoms with E-state index in [1.165, 1.54) is 0 Å². The maximum atomic E-state index is 11.9. The van der Waals surface area contributed by atoms with Crippen molar-refractivity contribution in [3.05, 3.63) is 64.7 Å². The van der Waals surface area contributed by atoms with Gasteiger partial charge in [-0.2, -0.15) is 0 Å². The summed E-state index contributed by atoms with van der Waals surface area (Å²) in [6.45, 7) is 3.86. The van der Waals surface area contributed by atoms with E-state index in [2.05, 4.69) is 5.32 Å². The number of hydrogen-bond donors (Lipinski definition) is 1. The number of halogens is 1. The van der Waals surface area contributed by atoms with Crippen molar-refractivity contribution in [1.29, 1.82) is 0 Å². The predicted octanol–water partition coefficient (Wildman–Crippen LogP) is 3.90. The van der Waals surface area contributed by atoms with Gasteiger partial charge in [0, 0.05) is 5.02 Å². The van der Waals surface area contributed by atoms with E-state index < -0.39 is 0 Å². The third-order valence-electron chi connectivity index (χ3n) is 3.11. The SMILES string of the molecule is Cc1cccc(OCC(=O)NC(C)c2ccccc2Cl)c1. The lowest BCUT2D eigenvalue weighted by atomic mass is 10.1. The Morgan fingerprint density at radius 1 is 1.24 bits per heavy atom. The maximum absolute atomic E-state index is 11.9. The second kappa shape index (κ2) is 7.14. The van der Waals surface area contributed by atoms with Gasteiger partial charge in [0.05, 0.1) is 6.04 Å². The molecule has 0 aromatic heterocycles. The van der Waals surface area contributed by atoms with Gasteiger partial charge in [0.2, 0.25) is 0 Å². The van der Waals surface area contributed by atoms with Crippen molar-refractivity contribution in [3.8, 4) is 5.75 Å². The molecule has 0 aliphatic heterocycles. The zero-order chi connectivity index (χ0) is 15.2. The van der Waals surface area contributed by atoms with Gasteiger partial charge in [0.15, 0.2) is 6.61 Å². The van der Waals surface area contributed by atoms with Crippen molar-refractivity contribution in [2.75, 3.05) is 6.61 Å². The minimum absolute atomic E-state index is 0.0156. The normalized spacial score (nSPS) is 11.8. The quantitative estimate of drug-likeness (QED) is 0.909. The summed E-state index contributed by atoms with van der Waals surface area (Å²) < 4.78 is 5.47. The molecule has 1 unspecified atom stereocenters. The molecule has 3 nitrogen and oxygen atoms in total. The van der Waals surface area contributed by atoms with Crippen LogP contribution in [0, 0.1) is 6.92 Å². The van der Waals surface area contributed by atoms with E-state index in [4.69, 9.17) is 16.3 Å². The highest BCUT2D eigenvalue weighted by atomic mass is 35.5. The van der Waals surface area contributed by atoms with E-state index in [1.54, 1.807) is 0 Å². The summed E-state index contributed by atoms with van der Waals surface area (Å²) in [6, 6.07) is 14.9. The van der Waals surface area contributed by atoms with Crippen LogP contribution in [0.4, 0.5) is 0 Å². The second-order valence-electron chi connectivity index (χ2n) is 4.92. The Hall–Kier alpha value is -2.00. The van der Waals surface area contributed by atoms with E-state index in [9.17, 15) is 4.79 Å². The predicted molar refractivity (Wildman–Crippen MR) is 84.7 cm³/mol. The first kappa shape index (κ1) is 15.4. The Balaban J connectivity index is 1.89. The summed E-state index contributed by atoms with van der Waals surface area (Å²) in [6.07, 6.45) is 0. The van der Waals surface area contributed by atoms with Crippen LogP contribution < -0.4 is 10.1 Å². The Morgan fingerprint density at radius 2 is 2.00 bits per heavy atom. The average molecular weight is 304 g/mol. The van der Waals surface area contributed by atoms with E-state index in [0.29, 0.717) is 10.8 Å². The number of hydrogen-bond acceptors (Lipinski definition) is 2. The van der Waals surface area contributed by atoms with Gasteiger partial charge in [0.1, 0.15) is 5.75 Å². The van der Waals surface area contributed by atoms with Crippen LogP contribution in [0.25, 0.3) is 0 Å². The number of ether oxygens (including phenoxy) is 1. The van der Waals surface area contributed by atoms with Gasteiger partial charge >= 0.3 is 0 Å². The molecule has 0 saturated heterocycles. The molecule has 2 aromatic carbocycles. The number of rotatable bonds is 5. The van der Waals surface area contributed by atoms with Gasteiger partial charge in [-0.3, -0.25) is 4.79 Å². The standard InChI is InChI=1S/C17H18ClNO2/c1-12-6-5-7-14(10-12)21-11-17(20)19-13(2)15-8-3-4-9-16(15)18/h3-10,13H,11H2,1-2H3,(H,19,20). The van der Waals surface area contributed by atoms with Crippen LogP contribution in [0.5, 0.6) is 5.75 Å². The molecule has 1 atom stereocenters. The summed E-state index contributed by atoms with van der Waals surface area (Å²) in [4.78, 5) is 11.9. The van der Waals surface area contributed by atoms with Crippen LogP contribution in [0.2, 0.25) is 5.02 Å². The number of carbonyl (C=O) groups excluding carboxylic acids is 1. The fraction of sp³-hybridized carbons (Fsp3) is 0.235. The van der Waals surface area contributed by atoms with Crippen LogP contribution in [-0.2, 0) is 4.79 Å². The lowest BCUT2D eigenvalue weighted by molar-refractivity contribution is -0.123. The van der Waals surface area contributed by atoms with Crippen LogP contribution in [-0.4, -0.2) is 12.5 Å². The number of carbonyl (C=O) groups is 1. The first-order valence-electron chi connectivity index (χ1n) is 6.79. The Labute approximate surface area is 129 Å². The van der Waals surface area contributed by atoms with Crippen molar-refractivity contribution in [2.24, 2.45) is 0 Å². The molecule has 0 spiro atoms. The molecule has 110 valence electrons. The van der Waals surface area contributed by atoms with Crippen LogP contribution in [0.1, 0.15) is 24.1 Å². The van der Waals surface area contributed by atoms with Crippen molar-refractivity contribution in [2.45, 2.75) is 19.9 Å². The number of aryl methyl sites for hydroxylation is 1. The molecule has 4 heteroatoms. The monoisotopic (exact) mass is 303 g/mol. The third-order valence-corrected chi connectivity index (χ3v) is 3.45. The zero-order valence-electron chi connectivity index (χ0n) is 12.1. The van der Waals surface area contributed by atoms with Gasteiger partial charge < -0.3 is 10.1 Å². The van der Waals surface area contributed by atoms with Gasteiger partial charge in [0.25, 0.3) is 5.91 Å². The van der Waals surface area contributed by atoms with Crippen molar-refractivity contribution >= 4 is 17.5 Å². The molecule has 0 fully saturated rings. The maximum Gasteiger partial charge on any atom is 0.258 e. The topological polar surface area (TPSA) is 38.3 Å². The molecule has 21 heavy (non-hydrogen) atoms. The molecular formula is C17H18ClNO2. The zero-order valence-corrected chi connectivity index (χ0v) is 12.9. The molecule has 0 bridgehead atoms. The van der Waals surface area contributed by atoms with Gasteiger partial charge in [-0.15, -0.1) is 0 Å². The van der Waals surface area contributed by atoms with Gasteiger partial charge in [-0.1, -0.05) is 41.9 Å². The van der Waals surface area contributed by atoms with E-state index >= 15 is 0 Å². The van der Waals surface area contributed by atoms with Gasteiger partial charge in [-0.05, 0) is 43.2 Å². The van der Waals surface area contributed by atoms with E-state index in [1.807, 2.05) is 62.4 Å². The molecule has 0 heterocycles. The summed E-state index contributed by atoms with van der Waals surface area (Å²) in [5, 5.41) is 3.52. The molecular weight excluding hydrogens is 286 g/mol. The lowest BCUT2D eigenvalue weighted by Crippen LogP contribution is -2.31. The molecule has 1 amide bonds. The summed E-state index contributed by atoms with van der Waals surface area (Å²) in [5.74, 6) is 0.513. The first-order chi connectivity index (χ1) is 10.1. The molecule has 2 rings (SSSR count). The summed E-state index contributed by atoms with van der Waals surface area (Å²) in [5.41, 5.74) is 1.99. The van der Waals surface area contributed by atoms with Crippen molar-refractivity contribution < 1.29 is 9.53 Å². The van der Waals surface area contributed by atoms with Crippen LogP contribution in [0.15, 0.2) is 48.5 Å². The molecule has 1 N–H and O–H groups in total. The molecule has 0 aliphatic carbocycles. The van der Waals surface area contributed by atoms with Crippen molar-refractivity contribution in [1.82, 2.24) is 5.32 Å². The average Bonchev–Trinajstić information content (AvgIpc) is 2.45. The smallest absolute Gasteiger partial charge is 0.258 e. The molecule has 0 radical (unpaired) electrons. The Kier molecular flexibility index (Phi) is 5.23. The largest absolute Gasteiger partial charge is 0.484 e. The van der Waals surface area contributed by atoms with Crippen LogP contribution >= 0.6 is 11.6 Å². The lowest BCUT2D eigenvalue weighted by Gasteiger charge is -2.16. The van der Waals surface area contributed by atoms with Crippen molar-refractivity contribution in [3.63, 3.8) is 0 Å². The highest BCUT2D eigenvalue weighted by Crippen LogP contribution is 2.22. The Morgan fingerprint density at radius 3 is 2.71 bits per heavy atom. The molecule has 2 aromatic rings. The summed E-state index contributed by atoms with van der Waals surface area (Å²) >= 11 is 6.11. The number of benzene rings is 2. The van der Waals surface area contributed by atoms with Crippen LogP contribution in [0.3, 0.4) is 0 Å². The molecule has 0 saturated carbocycles. The molecule has 0 aliphatic rings. The van der Waals surface area contributed by atoms with E-state index in [-0.39, 0.29) is 18.6 Å². The highest BCUT2D eigenvalue weighted by molar-refractivity contribution is 6.31. The highest BCUT2D eigenvalue weighted by Gasteiger charge is 2.12. The van der Waals surface area contributed by atoms with Gasteiger partial charge in [-0.25, -0.2) is 0 Å². The van der Waals surface area contributed by atoms with E-state index in [0.717, 1.165) is 11.1 Å². The second-order valence-corrected chi connectivity index (χ2v) is 5.32. The number of amides is 1. The fourth-order valence-corrected chi connectivity index (χ4v) is 2.34. The fourth-order valence-electron chi connectivity index (χ4n) is 2.04. The first-order valence-corrected chi connectivity index (χ1v) is 7.17. The summed E-state index contributed by atoms with van der Waals surface area (Å²) in [7, 11) is 0. The minimum Gasteiger partial charge on any atom is -0.484 e. The third kappa shape index (κ3) is 4.50. The Bertz CT molecular complexity index is 628. The minimum atomic E-state index is -0.177. The number of nitrogens with one attached hydrogen (secondary N) is 1.